The summed E-state index contributed by atoms with van der Waals surface area (Å²) < 4.78 is 0. The molecular formula is C25H21ClN2O2. The number of hydrogen-bond acceptors (Lipinski definition) is 3. The standard InChI is InChI=1S/C25H21ClN2O2/c1-15-8-11-18(12-9-15)22-23(27-21-7-5-4-6-17(21)3)25(30)28(24(22)29)19-13-10-16(2)20(26)14-19/h4-14,27H,1-3H3. The number of carbonyl (C=O) groups is 2. The van der Waals surface area contributed by atoms with Crippen molar-refractivity contribution in [1.29, 1.82) is 0 Å². The molecule has 3 aromatic carbocycles. The zero-order chi connectivity index (χ0) is 21.4. The normalized spacial score (nSPS) is 13.9. The maximum Gasteiger partial charge on any atom is 0.282 e. The minimum absolute atomic E-state index is 0.259. The van der Waals surface area contributed by atoms with Crippen molar-refractivity contribution in [3.63, 3.8) is 0 Å². The van der Waals surface area contributed by atoms with Gasteiger partial charge in [0.25, 0.3) is 11.8 Å². The lowest BCUT2D eigenvalue weighted by atomic mass is 10.0. The summed E-state index contributed by atoms with van der Waals surface area (Å²) in [4.78, 5) is 28.0. The highest BCUT2D eigenvalue weighted by atomic mass is 35.5. The molecule has 0 atom stereocenters. The largest absolute Gasteiger partial charge is 0.350 e. The third kappa shape index (κ3) is 3.51. The molecule has 0 saturated carbocycles. The van der Waals surface area contributed by atoms with E-state index in [-0.39, 0.29) is 11.6 Å². The second kappa shape index (κ2) is 7.81. The summed E-state index contributed by atoms with van der Waals surface area (Å²) in [5, 5.41) is 3.72. The third-order valence-electron chi connectivity index (χ3n) is 5.24. The zero-order valence-corrected chi connectivity index (χ0v) is 17.7. The number of nitrogens with one attached hydrogen (secondary N) is 1. The first-order chi connectivity index (χ1) is 14.4. The van der Waals surface area contributed by atoms with Gasteiger partial charge in [-0.2, -0.15) is 0 Å². The predicted octanol–water partition coefficient (Wildman–Crippen LogP) is 5.66. The Labute approximate surface area is 180 Å². The maximum atomic E-state index is 13.4. The van der Waals surface area contributed by atoms with Crippen molar-refractivity contribution >= 4 is 40.4 Å². The van der Waals surface area contributed by atoms with E-state index in [1.807, 2.05) is 69.3 Å². The van der Waals surface area contributed by atoms with Gasteiger partial charge in [0.1, 0.15) is 5.70 Å². The Morgan fingerprint density at radius 2 is 1.50 bits per heavy atom. The molecule has 5 heteroatoms. The van der Waals surface area contributed by atoms with Crippen LogP contribution in [0.1, 0.15) is 22.3 Å². The number of benzene rings is 3. The van der Waals surface area contributed by atoms with Gasteiger partial charge >= 0.3 is 0 Å². The van der Waals surface area contributed by atoms with Crippen molar-refractivity contribution < 1.29 is 9.59 Å². The average Bonchev–Trinajstić information content (AvgIpc) is 2.96. The van der Waals surface area contributed by atoms with Gasteiger partial charge in [0.2, 0.25) is 0 Å². The monoisotopic (exact) mass is 416 g/mol. The van der Waals surface area contributed by atoms with Crippen molar-refractivity contribution in [1.82, 2.24) is 0 Å². The molecule has 1 aliphatic heterocycles. The van der Waals surface area contributed by atoms with Crippen molar-refractivity contribution in [3.8, 4) is 0 Å². The Balaban J connectivity index is 1.84. The molecule has 0 saturated heterocycles. The molecule has 150 valence electrons. The number of carbonyl (C=O) groups excluding carboxylic acids is 2. The van der Waals surface area contributed by atoms with E-state index < -0.39 is 5.91 Å². The first-order valence-corrected chi connectivity index (χ1v) is 10.0. The fraction of sp³-hybridized carbons (Fsp3) is 0.120. The lowest BCUT2D eigenvalue weighted by Crippen LogP contribution is -2.32. The molecule has 0 bridgehead atoms. The minimum atomic E-state index is -0.404. The number of amides is 2. The van der Waals surface area contributed by atoms with E-state index in [0.29, 0.717) is 21.8 Å². The maximum absolute atomic E-state index is 13.4. The Morgan fingerprint density at radius 1 is 0.800 bits per heavy atom. The molecule has 4 nitrogen and oxygen atoms in total. The Hall–Kier alpha value is -3.37. The molecule has 1 N–H and O–H groups in total. The zero-order valence-electron chi connectivity index (χ0n) is 17.0. The number of imide groups is 1. The highest BCUT2D eigenvalue weighted by molar-refractivity contribution is 6.46. The second-order valence-corrected chi connectivity index (χ2v) is 7.84. The molecule has 30 heavy (non-hydrogen) atoms. The van der Waals surface area contributed by atoms with Gasteiger partial charge in [-0.25, -0.2) is 4.90 Å². The molecule has 4 rings (SSSR count). The quantitative estimate of drug-likeness (QED) is 0.558. The second-order valence-electron chi connectivity index (χ2n) is 7.44. The first kappa shape index (κ1) is 19.9. The van der Waals surface area contributed by atoms with Crippen LogP contribution in [-0.4, -0.2) is 11.8 Å². The van der Waals surface area contributed by atoms with Crippen molar-refractivity contribution in [2.75, 3.05) is 10.2 Å². The summed E-state index contributed by atoms with van der Waals surface area (Å²) in [6.07, 6.45) is 0. The molecule has 0 spiro atoms. The van der Waals surface area contributed by atoms with E-state index in [1.54, 1.807) is 18.2 Å². The van der Waals surface area contributed by atoms with Crippen LogP contribution in [0.5, 0.6) is 0 Å². The molecule has 0 aliphatic carbocycles. The molecule has 1 heterocycles. The first-order valence-electron chi connectivity index (χ1n) is 9.65. The smallest absolute Gasteiger partial charge is 0.282 e. The van der Waals surface area contributed by atoms with Crippen LogP contribution in [0.3, 0.4) is 0 Å². The van der Waals surface area contributed by atoms with Crippen LogP contribution < -0.4 is 10.2 Å². The summed E-state index contributed by atoms with van der Waals surface area (Å²) in [5.74, 6) is -0.779. The van der Waals surface area contributed by atoms with Crippen LogP contribution in [0.15, 0.2) is 72.4 Å². The van der Waals surface area contributed by atoms with Gasteiger partial charge in [-0.05, 0) is 55.7 Å². The third-order valence-corrected chi connectivity index (χ3v) is 5.65. The minimum Gasteiger partial charge on any atom is -0.350 e. The van der Waals surface area contributed by atoms with Gasteiger partial charge in [0.05, 0.1) is 11.3 Å². The topological polar surface area (TPSA) is 49.4 Å². The number of rotatable bonds is 4. The summed E-state index contributed by atoms with van der Waals surface area (Å²) in [6, 6.07) is 20.4. The van der Waals surface area contributed by atoms with Crippen molar-refractivity contribution in [3.05, 3.63) is 99.7 Å². The van der Waals surface area contributed by atoms with Crippen LogP contribution in [0.25, 0.3) is 5.57 Å². The van der Waals surface area contributed by atoms with E-state index in [4.69, 9.17) is 11.6 Å². The lowest BCUT2D eigenvalue weighted by Gasteiger charge is -2.16. The fourth-order valence-electron chi connectivity index (χ4n) is 3.44. The Bertz CT molecular complexity index is 1200. The number of aryl methyl sites for hydroxylation is 3. The van der Waals surface area contributed by atoms with E-state index >= 15 is 0 Å². The number of nitrogens with zero attached hydrogens (tertiary/aromatic N) is 1. The van der Waals surface area contributed by atoms with E-state index in [1.165, 1.54) is 4.90 Å². The van der Waals surface area contributed by atoms with Crippen molar-refractivity contribution in [2.24, 2.45) is 0 Å². The van der Waals surface area contributed by atoms with E-state index in [0.717, 1.165) is 22.4 Å². The van der Waals surface area contributed by atoms with Crippen LogP contribution in [0, 0.1) is 20.8 Å². The molecule has 1 aliphatic rings. The summed E-state index contributed by atoms with van der Waals surface area (Å²) in [5.41, 5.74) is 5.46. The molecule has 0 radical (unpaired) electrons. The van der Waals surface area contributed by atoms with Crippen LogP contribution >= 0.6 is 11.6 Å². The Morgan fingerprint density at radius 3 is 2.17 bits per heavy atom. The van der Waals surface area contributed by atoms with Crippen molar-refractivity contribution in [2.45, 2.75) is 20.8 Å². The highest BCUT2D eigenvalue weighted by Crippen LogP contribution is 2.35. The fourth-order valence-corrected chi connectivity index (χ4v) is 3.61. The van der Waals surface area contributed by atoms with Gasteiger partial charge in [-0.3, -0.25) is 9.59 Å². The number of halogens is 1. The number of para-hydroxylation sites is 1. The summed E-state index contributed by atoms with van der Waals surface area (Å²) in [7, 11) is 0. The molecule has 3 aromatic rings. The lowest BCUT2D eigenvalue weighted by molar-refractivity contribution is -0.120. The van der Waals surface area contributed by atoms with Crippen LogP contribution in [-0.2, 0) is 9.59 Å². The summed E-state index contributed by atoms with van der Waals surface area (Å²) in [6.45, 7) is 5.81. The number of hydrogen-bond donors (Lipinski definition) is 1. The van der Waals surface area contributed by atoms with Gasteiger partial charge in [-0.15, -0.1) is 0 Å². The number of anilines is 2. The van der Waals surface area contributed by atoms with E-state index in [2.05, 4.69) is 5.32 Å². The van der Waals surface area contributed by atoms with E-state index in [9.17, 15) is 9.59 Å². The molecule has 0 fully saturated rings. The molecule has 0 aromatic heterocycles. The molecule has 2 amide bonds. The predicted molar refractivity (Wildman–Crippen MR) is 122 cm³/mol. The molecule has 0 unspecified atom stereocenters. The highest BCUT2D eigenvalue weighted by Gasteiger charge is 2.40. The van der Waals surface area contributed by atoms with Gasteiger partial charge in [0.15, 0.2) is 0 Å². The SMILES string of the molecule is Cc1ccc(C2=C(Nc3ccccc3C)C(=O)N(c3ccc(C)c(Cl)c3)C2=O)cc1. The van der Waals surface area contributed by atoms with Crippen LogP contribution in [0.2, 0.25) is 5.02 Å². The molecular weight excluding hydrogens is 396 g/mol. The average molecular weight is 417 g/mol. The van der Waals surface area contributed by atoms with Gasteiger partial charge in [0, 0.05) is 10.7 Å². The summed E-state index contributed by atoms with van der Waals surface area (Å²) >= 11 is 6.27. The Kier molecular flexibility index (Phi) is 5.18. The van der Waals surface area contributed by atoms with Gasteiger partial charge in [-0.1, -0.05) is 65.7 Å². The van der Waals surface area contributed by atoms with Gasteiger partial charge < -0.3 is 5.32 Å². The van der Waals surface area contributed by atoms with Crippen LogP contribution in [0.4, 0.5) is 11.4 Å².